The smallest absolute Gasteiger partial charge is 0.123 e. The molecule has 1 heterocycles. The SMILES string of the molecule is CN1CCC(N(Cc2ccc(-c3cccc(F)c3)cc2)Cc2ccccc2Cl)CC1. The summed E-state index contributed by atoms with van der Waals surface area (Å²) in [5, 5.41) is 0.830. The van der Waals surface area contributed by atoms with E-state index in [0.717, 1.165) is 42.3 Å². The van der Waals surface area contributed by atoms with Gasteiger partial charge < -0.3 is 4.90 Å². The van der Waals surface area contributed by atoms with E-state index in [4.69, 9.17) is 11.6 Å². The van der Waals surface area contributed by atoms with Crippen LogP contribution in [0.25, 0.3) is 11.1 Å². The van der Waals surface area contributed by atoms with Crippen LogP contribution >= 0.6 is 11.6 Å². The molecule has 1 saturated heterocycles. The fraction of sp³-hybridized carbons (Fsp3) is 0.308. The second-order valence-corrected chi connectivity index (χ2v) is 8.65. The summed E-state index contributed by atoms with van der Waals surface area (Å²) in [7, 11) is 2.19. The Bertz CT molecular complexity index is 965. The molecule has 1 fully saturated rings. The minimum Gasteiger partial charge on any atom is -0.306 e. The van der Waals surface area contributed by atoms with Gasteiger partial charge >= 0.3 is 0 Å². The summed E-state index contributed by atoms with van der Waals surface area (Å²) in [6.45, 7) is 3.98. The average molecular weight is 423 g/mol. The maximum atomic E-state index is 13.6. The van der Waals surface area contributed by atoms with Crippen LogP contribution in [0.1, 0.15) is 24.0 Å². The molecule has 0 spiro atoms. The Morgan fingerprint density at radius 3 is 2.33 bits per heavy atom. The molecule has 0 aliphatic carbocycles. The van der Waals surface area contributed by atoms with Crippen molar-refractivity contribution in [3.05, 3.63) is 94.8 Å². The highest BCUT2D eigenvalue weighted by atomic mass is 35.5. The van der Waals surface area contributed by atoms with Gasteiger partial charge in [0.15, 0.2) is 0 Å². The number of likely N-dealkylation sites (tertiary alicyclic amines) is 1. The lowest BCUT2D eigenvalue weighted by Gasteiger charge is -2.37. The number of rotatable bonds is 6. The van der Waals surface area contributed by atoms with Crippen molar-refractivity contribution >= 4 is 11.6 Å². The highest BCUT2D eigenvalue weighted by Gasteiger charge is 2.24. The summed E-state index contributed by atoms with van der Waals surface area (Å²) >= 11 is 6.47. The predicted molar refractivity (Wildman–Crippen MR) is 123 cm³/mol. The topological polar surface area (TPSA) is 6.48 Å². The van der Waals surface area contributed by atoms with E-state index in [1.165, 1.54) is 30.0 Å². The zero-order chi connectivity index (χ0) is 20.9. The lowest BCUT2D eigenvalue weighted by atomic mass is 10.00. The molecule has 0 N–H and O–H groups in total. The van der Waals surface area contributed by atoms with Gasteiger partial charge in [0.25, 0.3) is 0 Å². The van der Waals surface area contributed by atoms with Crippen molar-refractivity contribution in [2.75, 3.05) is 20.1 Å². The zero-order valence-corrected chi connectivity index (χ0v) is 18.2. The Kier molecular flexibility index (Phi) is 6.83. The molecule has 0 atom stereocenters. The summed E-state index contributed by atoms with van der Waals surface area (Å²) in [5.74, 6) is -0.204. The number of hydrogen-bond donors (Lipinski definition) is 0. The van der Waals surface area contributed by atoms with Gasteiger partial charge in [-0.05, 0) is 73.4 Å². The normalized spacial score (nSPS) is 15.6. The Balaban J connectivity index is 1.52. The van der Waals surface area contributed by atoms with Crippen molar-refractivity contribution in [3.63, 3.8) is 0 Å². The standard InChI is InChI=1S/C26H28ClFN2/c1-29-15-13-25(14-16-29)30(19-23-5-2-3-8-26(23)27)18-20-9-11-21(12-10-20)22-6-4-7-24(28)17-22/h2-12,17,25H,13-16,18-19H2,1H3. The lowest BCUT2D eigenvalue weighted by molar-refractivity contribution is 0.108. The summed E-state index contributed by atoms with van der Waals surface area (Å²) in [4.78, 5) is 4.96. The fourth-order valence-corrected chi connectivity index (χ4v) is 4.42. The van der Waals surface area contributed by atoms with E-state index in [2.05, 4.69) is 53.2 Å². The van der Waals surface area contributed by atoms with E-state index in [9.17, 15) is 4.39 Å². The highest BCUT2D eigenvalue weighted by molar-refractivity contribution is 6.31. The van der Waals surface area contributed by atoms with Crippen LogP contribution in [-0.2, 0) is 13.1 Å². The maximum Gasteiger partial charge on any atom is 0.123 e. The molecule has 30 heavy (non-hydrogen) atoms. The van der Waals surface area contributed by atoms with Gasteiger partial charge in [-0.2, -0.15) is 0 Å². The first-order valence-electron chi connectivity index (χ1n) is 10.6. The van der Waals surface area contributed by atoms with Crippen molar-refractivity contribution in [3.8, 4) is 11.1 Å². The second-order valence-electron chi connectivity index (χ2n) is 8.24. The van der Waals surface area contributed by atoms with Gasteiger partial charge in [-0.3, -0.25) is 4.90 Å². The Labute approximate surface area is 183 Å². The third kappa shape index (κ3) is 5.28. The molecule has 0 bridgehead atoms. The van der Waals surface area contributed by atoms with E-state index in [-0.39, 0.29) is 5.82 Å². The molecule has 3 aromatic rings. The molecule has 2 nitrogen and oxygen atoms in total. The molecule has 156 valence electrons. The van der Waals surface area contributed by atoms with Gasteiger partial charge in [0.1, 0.15) is 5.82 Å². The van der Waals surface area contributed by atoms with Crippen LogP contribution in [0, 0.1) is 5.82 Å². The molecule has 1 aliphatic rings. The van der Waals surface area contributed by atoms with Gasteiger partial charge in [-0.1, -0.05) is 66.2 Å². The Hall–Kier alpha value is -2.20. The molecule has 4 rings (SSSR count). The van der Waals surface area contributed by atoms with Crippen LogP contribution in [-0.4, -0.2) is 36.0 Å². The molecule has 0 amide bonds. The third-order valence-electron chi connectivity index (χ3n) is 6.03. The van der Waals surface area contributed by atoms with Gasteiger partial charge in [0, 0.05) is 24.2 Å². The molecular weight excluding hydrogens is 395 g/mol. The average Bonchev–Trinajstić information content (AvgIpc) is 2.76. The minimum absolute atomic E-state index is 0.204. The van der Waals surface area contributed by atoms with Crippen molar-refractivity contribution in [2.24, 2.45) is 0 Å². The third-order valence-corrected chi connectivity index (χ3v) is 6.40. The first kappa shape index (κ1) is 21.0. The number of hydrogen-bond acceptors (Lipinski definition) is 2. The monoisotopic (exact) mass is 422 g/mol. The first-order valence-corrected chi connectivity index (χ1v) is 11.0. The second kappa shape index (κ2) is 9.74. The minimum atomic E-state index is -0.204. The van der Waals surface area contributed by atoms with E-state index >= 15 is 0 Å². The molecule has 0 radical (unpaired) electrons. The summed E-state index contributed by atoms with van der Waals surface area (Å²) in [6, 6.07) is 23.9. The van der Waals surface area contributed by atoms with E-state index in [1.54, 1.807) is 12.1 Å². The number of benzene rings is 3. The molecule has 3 aromatic carbocycles. The van der Waals surface area contributed by atoms with E-state index in [0.29, 0.717) is 6.04 Å². The zero-order valence-electron chi connectivity index (χ0n) is 17.4. The van der Waals surface area contributed by atoms with Crippen LogP contribution in [0.15, 0.2) is 72.8 Å². The van der Waals surface area contributed by atoms with Gasteiger partial charge in [-0.25, -0.2) is 4.39 Å². The summed E-state index contributed by atoms with van der Waals surface area (Å²) in [5.41, 5.74) is 4.38. The van der Waals surface area contributed by atoms with Crippen LogP contribution in [0.5, 0.6) is 0 Å². The number of piperidine rings is 1. The maximum absolute atomic E-state index is 13.6. The predicted octanol–water partition coefficient (Wildman–Crippen LogP) is 6.24. The van der Waals surface area contributed by atoms with Crippen molar-refractivity contribution < 1.29 is 4.39 Å². The molecule has 0 unspecified atom stereocenters. The van der Waals surface area contributed by atoms with E-state index in [1.807, 2.05) is 18.2 Å². The van der Waals surface area contributed by atoms with Gasteiger partial charge in [-0.15, -0.1) is 0 Å². The largest absolute Gasteiger partial charge is 0.306 e. The van der Waals surface area contributed by atoms with Crippen molar-refractivity contribution in [1.82, 2.24) is 9.80 Å². The van der Waals surface area contributed by atoms with Crippen molar-refractivity contribution in [2.45, 2.75) is 32.0 Å². The molecule has 1 aliphatic heterocycles. The summed E-state index contributed by atoms with van der Waals surface area (Å²) in [6.07, 6.45) is 2.34. The van der Waals surface area contributed by atoms with Crippen LogP contribution in [0.4, 0.5) is 4.39 Å². The van der Waals surface area contributed by atoms with Crippen LogP contribution in [0.3, 0.4) is 0 Å². The van der Waals surface area contributed by atoms with Gasteiger partial charge in [0.2, 0.25) is 0 Å². The number of nitrogens with zero attached hydrogens (tertiary/aromatic N) is 2. The quantitative estimate of drug-likeness (QED) is 0.463. The summed E-state index contributed by atoms with van der Waals surface area (Å²) < 4.78 is 13.6. The highest BCUT2D eigenvalue weighted by Crippen LogP contribution is 2.26. The first-order chi connectivity index (χ1) is 14.6. The Morgan fingerprint density at radius 1 is 0.900 bits per heavy atom. The number of halogens is 2. The van der Waals surface area contributed by atoms with Crippen LogP contribution in [0.2, 0.25) is 5.02 Å². The molecular formula is C26H28ClFN2. The molecule has 0 saturated carbocycles. The van der Waals surface area contributed by atoms with E-state index < -0.39 is 0 Å². The Morgan fingerprint density at radius 2 is 1.63 bits per heavy atom. The lowest BCUT2D eigenvalue weighted by Crippen LogP contribution is -2.43. The molecule has 0 aromatic heterocycles. The van der Waals surface area contributed by atoms with Crippen LogP contribution < -0.4 is 0 Å². The van der Waals surface area contributed by atoms with Crippen molar-refractivity contribution in [1.29, 1.82) is 0 Å². The molecule has 4 heteroatoms. The van der Waals surface area contributed by atoms with Gasteiger partial charge in [0.05, 0.1) is 0 Å². The fourth-order valence-electron chi connectivity index (χ4n) is 4.22.